The van der Waals surface area contributed by atoms with Gasteiger partial charge in [0.05, 0.1) is 5.25 Å². The molecule has 0 aliphatic carbocycles. The van der Waals surface area contributed by atoms with Crippen molar-refractivity contribution < 1.29 is 4.79 Å². The molecule has 1 atom stereocenters. The average molecular weight is 308 g/mol. The summed E-state index contributed by atoms with van der Waals surface area (Å²) in [7, 11) is 0. The maximum Gasteiger partial charge on any atom is 0.233 e. The number of amides is 1. The molecular formula is C17H28N2OS. The SMILES string of the molecule is CCNCc1ccc(SC(C)C(=O)NC(CC)CC)cc1. The molecule has 0 aromatic heterocycles. The molecule has 3 nitrogen and oxygen atoms in total. The molecule has 4 heteroatoms. The monoisotopic (exact) mass is 308 g/mol. The van der Waals surface area contributed by atoms with Gasteiger partial charge in [-0.2, -0.15) is 0 Å². The zero-order valence-corrected chi connectivity index (χ0v) is 14.4. The predicted octanol–water partition coefficient (Wildman–Crippen LogP) is 3.58. The second-order valence-corrected chi connectivity index (χ2v) is 6.62. The van der Waals surface area contributed by atoms with Crippen molar-refractivity contribution in [1.82, 2.24) is 10.6 Å². The number of hydrogen-bond acceptors (Lipinski definition) is 3. The largest absolute Gasteiger partial charge is 0.352 e. The average Bonchev–Trinajstić information content (AvgIpc) is 2.51. The Balaban J connectivity index is 2.50. The second kappa shape index (κ2) is 9.85. The summed E-state index contributed by atoms with van der Waals surface area (Å²) >= 11 is 1.61. The molecule has 0 spiro atoms. The molecule has 0 aliphatic heterocycles. The minimum atomic E-state index is -0.0646. The lowest BCUT2D eigenvalue weighted by Crippen LogP contribution is -2.38. The van der Waals surface area contributed by atoms with E-state index >= 15 is 0 Å². The van der Waals surface area contributed by atoms with Crippen LogP contribution in [0.25, 0.3) is 0 Å². The zero-order chi connectivity index (χ0) is 15.7. The highest BCUT2D eigenvalue weighted by atomic mass is 32.2. The van der Waals surface area contributed by atoms with Crippen molar-refractivity contribution >= 4 is 17.7 Å². The smallest absolute Gasteiger partial charge is 0.233 e. The van der Waals surface area contributed by atoms with E-state index in [0.717, 1.165) is 30.8 Å². The summed E-state index contributed by atoms with van der Waals surface area (Å²) < 4.78 is 0. The molecular weight excluding hydrogens is 280 g/mol. The molecule has 2 N–H and O–H groups in total. The van der Waals surface area contributed by atoms with E-state index in [1.807, 2.05) is 6.92 Å². The standard InChI is InChI=1S/C17H28N2OS/c1-5-15(6-2)19-17(20)13(4)21-16-10-8-14(9-11-16)12-18-7-3/h8-11,13,15,18H,5-7,12H2,1-4H3,(H,19,20). The first-order valence-electron chi connectivity index (χ1n) is 7.87. The molecule has 1 amide bonds. The lowest BCUT2D eigenvalue weighted by molar-refractivity contribution is -0.121. The van der Waals surface area contributed by atoms with Crippen molar-refractivity contribution in [2.24, 2.45) is 0 Å². The van der Waals surface area contributed by atoms with Crippen LogP contribution in [0.3, 0.4) is 0 Å². The molecule has 118 valence electrons. The topological polar surface area (TPSA) is 41.1 Å². The molecule has 0 radical (unpaired) electrons. The lowest BCUT2D eigenvalue weighted by atomic mass is 10.2. The summed E-state index contributed by atoms with van der Waals surface area (Å²) in [6, 6.07) is 8.73. The highest BCUT2D eigenvalue weighted by molar-refractivity contribution is 8.00. The van der Waals surface area contributed by atoms with Crippen LogP contribution < -0.4 is 10.6 Å². The molecule has 1 aromatic rings. The van der Waals surface area contributed by atoms with Gasteiger partial charge in [-0.15, -0.1) is 11.8 Å². The van der Waals surface area contributed by atoms with Crippen LogP contribution in [0.5, 0.6) is 0 Å². The Hall–Kier alpha value is -1.00. The highest BCUT2D eigenvalue weighted by Crippen LogP contribution is 2.23. The van der Waals surface area contributed by atoms with Crippen LogP contribution in [-0.2, 0) is 11.3 Å². The van der Waals surface area contributed by atoms with Crippen LogP contribution in [-0.4, -0.2) is 23.7 Å². The Morgan fingerprint density at radius 2 is 1.76 bits per heavy atom. The number of rotatable bonds is 9. The molecule has 0 bridgehead atoms. The maximum absolute atomic E-state index is 12.1. The second-order valence-electron chi connectivity index (χ2n) is 5.21. The van der Waals surface area contributed by atoms with Gasteiger partial charge in [-0.05, 0) is 44.0 Å². The molecule has 0 saturated heterocycles. The van der Waals surface area contributed by atoms with Crippen molar-refractivity contribution in [3.05, 3.63) is 29.8 Å². The molecule has 0 heterocycles. The van der Waals surface area contributed by atoms with Gasteiger partial charge in [0.1, 0.15) is 0 Å². The van der Waals surface area contributed by atoms with Crippen LogP contribution in [0.4, 0.5) is 0 Å². The first-order valence-corrected chi connectivity index (χ1v) is 8.75. The summed E-state index contributed by atoms with van der Waals surface area (Å²) in [5, 5.41) is 6.35. The summed E-state index contributed by atoms with van der Waals surface area (Å²) in [4.78, 5) is 13.3. The van der Waals surface area contributed by atoms with E-state index in [1.165, 1.54) is 5.56 Å². The highest BCUT2D eigenvalue weighted by Gasteiger charge is 2.16. The Morgan fingerprint density at radius 1 is 1.14 bits per heavy atom. The molecule has 21 heavy (non-hydrogen) atoms. The van der Waals surface area contributed by atoms with E-state index in [0.29, 0.717) is 6.04 Å². The summed E-state index contributed by atoms with van der Waals surface area (Å²) in [5.41, 5.74) is 1.27. The Morgan fingerprint density at radius 3 is 2.29 bits per heavy atom. The summed E-state index contributed by atoms with van der Waals surface area (Å²) in [5.74, 6) is 0.130. The predicted molar refractivity (Wildman–Crippen MR) is 91.7 cm³/mol. The number of nitrogens with one attached hydrogen (secondary N) is 2. The van der Waals surface area contributed by atoms with Crippen LogP contribution >= 0.6 is 11.8 Å². The van der Waals surface area contributed by atoms with Gasteiger partial charge in [0.25, 0.3) is 0 Å². The third-order valence-electron chi connectivity index (χ3n) is 3.52. The number of hydrogen-bond donors (Lipinski definition) is 2. The van der Waals surface area contributed by atoms with Gasteiger partial charge in [-0.25, -0.2) is 0 Å². The molecule has 1 aromatic carbocycles. The molecule has 0 saturated carbocycles. The van der Waals surface area contributed by atoms with Gasteiger partial charge in [0.2, 0.25) is 5.91 Å². The molecule has 0 fully saturated rings. The summed E-state index contributed by atoms with van der Waals surface area (Å²) in [6.07, 6.45) is 1.97. The van der Waals surface area contributed by atoms with Gasteiger partial charge in [-0.1, -0.05) is 32.9 Å². The zero-order valence-electron chi connectivity index (χ0n) is 13.6. The van der Waals surface area contributed by atoms with Crippen LogP contribution in [0, 0.1) is 0 Å². The fraction of sp³-hybridized carbons (Fsp3) is 0.588. The van der Waals surface area contributed by atoms with Gasteiger partial charge < -0.3 is 10.6 Å². The maximum atomic E-state index is 12.1. The van der Waals surface area contributed by atoms with Gasteiger partial charge in [0.15, 0.2) is 0 Å². The fourth-order valence-electron chi connectivity index (χ4n) is 2.02. The van der Waals surface area contributed by atoms with E-state index in [1.54, 1.807) is 11.8 Å². The molecule has 1 unspecified atom stereocenters. The molecule has 1 rings (SSSR count). The van der Waals surface area contributed by atoms with Crippen molar-refractivity contribution in [2.75, 3.05) is 6.54 Å². The number of carbonyl (C=O) groups is 1. The Kier molecular flexibility index (Phi) is 8.47. The van der Waals surface area contributed by atoms with Crippen molar-refractivity contribution in [3.63, 3.8) is 0 Å². The van der Waals surface area contributed by atoms with Crippen LogP contribution in [0.15, 0.2) is 29.2 Å². The van der Waals surface area contributed by atoms with Crippen molar-refractivity contribution in [1.29, 1.82) is 0 Å². The van der Waals surface area contributed by atoms with E-state index in [4.69, 9.17) is 0 Å². The fourth-order valence-corrected chi connectivity index (χ4v) is 2.90. The third kappa shape index (κ3) is 6.53. The van der Waals surface area contributed by atoms with Crippen molar-refractivity contribution in [3.8, 4) is 0 Å². The first kappa shape index (κ1) is 18.1. The van der Waals surface area contributed by atoms with Gasteiger partial charge in [-0.3, -0.25) is 4.79 Å². The normalized spacial score (nSPS) is 12.4. The lowest BCUT2D eigenvalue weighted by Gasteiger charge is -2.18. The number of carbonyl (C=O) groups excluding carboxylic acids is 1. The first-order chi connectivity index (χ1) is 10.1. The third-order valence-corrected chi connectivity index (χ3v) is 4.63. The van der Waals surface area contributed by atoms with Crippen LogP contribution in [0.1, 0.15) is 46.1 Å². The Labute approximate surface area is 133 Å². The van der Waals surface area contributed by atoms with E-state index in [2.05, 4.69) is 55.7 Å². The molecule has 0 aliphatic rings. The van der Waals surface area contributed by atoms with Crippen molar-refractivity contribution in [2.45, 2.75) is 63.3 Å². The quantitative estimate of drug-likeness (QED) is 0.685. The minimum absolute atomic E-state index is 0.0646. The Bertz CT molecular complexity index is 415. The number of thioether (sulfide) groups is 1. The number of benzene rings is 1. The summed E-state index contributed by atoms with van der Waals surface area (Å²) in [6.45, 7) is 10.2. The van der Waals surface area contributed by atoms with Crippen LogP contribution in [0.2, 0.25) is 0 Å². The van der Waals surface area contributed by atoms with E-state index < -0.39 is 0 Å². The minimum Gasteiger partial charge on any atom is -0.352 e. The van der Waals surface area contributed by atoms with Gasteiger partial charge >= 0.3 is 0 Å². The van der Waals surface area contributed by atoms with E-state index in [9.17, 15) is 4.79 Å². The van der Waals surface area contributed by atoms with Gasteiger partial charge in [0, 0.05) is 17.5 Å². The van der Waals surface area contributed by atoms with E-state index in [-0.39, 0.29) is 11.2 Å².